The summed E-state index contributed by atoms with van der Waals surface area (Å²) in [5.74, 6) is 0. The first-order valence-electron chi connectivity index (χ1n) is 10.9. The standard InChI is InChI=1S/C20H36N3O5Se/c1-2-3-4-5-6-7-8-9-10-11-12-21-19(29)22-18-17(26)16(25)15(24)14-13-28-20(27)23(14)18/h14-18,24-26H,2-13H2,1H3,(H,21,22). The Kier molecular flexibility index (Phi) is 10.7. The molecule has 0 aromatic heterocycles. The predicted molar refractivity (Wildman–Crippen MR) is 112 cm³/mol. The van der Waals surface area contributed by atoms with Gasteiger partial charge < -0.3 is 0 Å². The number of hydrogen-bond acceptors (Lipinski definition) is 6. The molecule has 0 bridgehead atoms. The molecule has 167 valence electrons. The molecule has 4 N–H and O–H groups in total. The Morgan fingerprint density at radius 1 is 1.03 bits per heavy atom. The van der Waals surface area contributed by atoms with Gasteiger partial charge >= 0.3 is 168 Å². The molecule has 29 heavy (non-hydrogen) atoms. The van der Waals surface area contributed by atoms with Crippen LogP contribution in [0.1, 0.15) is 71.1 Å². The molecule has 2 fully saturated rings. The molecule has 2 saturated heterocycles. The molecule has 2 aliphatic heterocycles. The molecule has 1 radical (unpaired) electrons. The van der Waals surface area contributed by atoms with Gasteiger partial charge in [0.05, 0.1) is 0 Å². The van der Waals surface area contributed by atoms with Crippen LogP contribution in [0, 0.1) is 0 Å². The average Bonchev–Trinajstić information content (AvgIpc) is 3.09. The van der Waals surface area contributed by atoms with Gasteiger partial charge in [0.15, 0.2) is 0 Å². The number of cyclic esters (lactones) is 1. The molecular weight excluding hydrogens is 441 g/mol. The number of piperidine rings is 1. The number of aliphatic imine (C=N–C) groups is 1. The molecular formula is C20H36N3O5Se. The van der Waals surface area contributed by atoms with Crippen molar-refractivity contribution >= 4 is 26.8 Å². The van der Waals surface area contributed by atoms with E-state index in [0.717, 1.165) is 12.8 Å². The van der Waals surface area contributed by atoms with Crippen molar-refractivity contribution in [2.75, 3.05) is 13.2 Å². The van der Waals surface area contributed by atoms with Crippen molar-refractivity contribution < 1.29 is 24.9 Å². The molecule has 0 saturated carbocycles. The number of ether oxygens (including phenoxy) is 1. The number of hydrogen-bond donors (Lipinski definition) is 4. The molecule has 0 aromatic carbocycles. The number of fused-ring (bicyclic) bond motifs is 1. The van der Waals surface area contributed by atoms with E-state index < -0.39 is 36.6 Å². The van der Waals surface area contributed by atoms with Gasteiger partial charge in [0.1, 0.15) is 0 Å². The Morgan fingerprint density at radius 3 is 2.24 bits per heavy atom. The van der Waals surface area contributed by atoms with Crippen LogP contribution in [0.5, 0.6) is 0 Å². The molecule has 5 atom stereocenters. The van der Waals surface area contributed by atoms with E-state index in [0.29, 0.717) is 11.3 Å². The molecule has 2 aliphatic rings. The van der Waals surface area contributed by atoms with Crippen molar-refractivity contribution in [1.29, 1.82) is 0 Å². The van der Waals surface area contributed by atoms with E-state index in [-0.39, 0.29) is 6.61 Å². The minimum absolute atomic E-state index is 0.0134. The van der Waals surface area contributed by atoms with Crippen molar-refractivity contribution in [1.82, 2.24) is 10.2 Å². The monoisotopic (exact) mass is 478 g/mol. The van der Waals surface area contributed by atoms with Gasteiger partial charge in [-0.3, -0.25) is 0 Å². The van der Waals surface area contributed by atoms with Crippen molar-refractivity contribution in [3.8, 4) is 0 Å². The third-order valence-corrected chi connectivity index (χ3v) is 6.22. The van der Waals surface area contributed by atoms with Crippen LogP contribution < -0.4 is 5.32 Å². The van der Waals surface area contributed by atoms with Gasteiger partial charge in [0.25, 0.3) is 0 Å². The Bertz CT molecular complexity index is 536. The number of nitrogens with zero attached hydrogens (tertiary/aromatic N) is 2. The van der Waals surface area contributed by atoms with Gasteiger partial charge in [-0.2, -0.15) is 0 Å². The van der Waals surface area contributed by atoms with Crippen molar-refractivity contribution in [2.45, 2.75) is 102 Å². The number of carbonyl (C=O) groups excluding carboxylic acids is 1. The quantitative estimate of drug-likeness (QED) is 0.146. The minimum atomic E-state index is -1.36. The van der Waals surface area contributed by atoms with Gasteiger partial charge in [-0.05, 0) is 0 Å². The maximum atomic E-state index is 12.0. The van der Waals surface area contributed by atoms with E-state index in [1.54, 1.807) is 0 Å². The van der Waals surface area contributed by atoms with Crippen LogP contribution >= 0.6 is 0 Å². The topological polar surface area (TPSA) is 115 Å². The van der Waals surface area contributed by atoms with Crippen molar-refractivity contribution in [3.05, 3.63) is 0 Å². The first-order valence-corrected chi connectivity index (χ1v) is 11.8. The number of aliphatic hydroxyl groups is 3. The number of unbranched alkanes of at least 4 members (excludes halogenated alkanes) is 9. The SMILES string of the molecule is CCCCCCCCCCCCN=C([Se])NC1C(O)C(O)C(O)C2COC(=O)N21. The zero-order valence-corrected chi connectivity index (χ0v) is 19.0. The third-order valence-electron chi connectivity index (χ3n) is 5.70. The average molecular weight is 477 g/mol. The first-order chi connectivity index (χ1) is 14.0. The van der Waals surface area contributed by atoms with E-state index in [9.17, 15) is 20.1 Å². The van der Waals surface area contributed by atoms with E-state index >= 15 is 0 Å². The van der Waals surface area contributed by atoms with Gasteiger partial charge in [-0.25, -0.2) is 0 Å². The summed E-state index contributed by atoms with van der Waals surface area (Å²) in [6.07, 6.45) is 7.09. The van der Waals surface area contributed by atoms with Gasteiger partial charge in [0.2, 0.25) is 0 Å². The molecule has 2 rings (SSSR count). The van der Waals surface area contributed by atoms with E-state index in [4.69, 9.17) is 4.74 Å². The molecule has 1 amide bonds. The molecule has 8 nitrogen and oxygen atoms in total. The van der Waals surface area contributed by atoms with Gasteiger partial charge in [0, 0.05) is 0 Å². The molecule has 0 aromatic rings. The normalized spacial score (nSPS) is 29.7. The van der Waals surface area contributed by atoms with Crippen LogP contribution in [0.2, 0.25) is 0 Å². The second kappa shape index (κ2) is 12.7. The summed E-state index contributed by atoms with van der Waals surface area (Å²) in [4.78, 5) is 17.6. The fourth-order valence-corrected chi connectivity index (χ4v) is 4.36. The summed E-state index contributed by atoms with van der Waals surface area (Å²) in [5.41, 5.74) is 0. The second-order valence-electron chi connectivity index (χ2n) is 7.98. The fraction of sp³-hybridized carbons (Fsp3) is 0.900. The maximum absolute atomic E-state index is 12.0. The summed E-state index contributed by atoms with van der Waals surface area (Å²) in [7, 11) is 0. The third kappa shape index (κ3) is 7.10. The summed E-state index contributed by atoms with van der Waals surface area (Å²) in [6.45, 7) is 2.87. The number of amides is 1. The number of nitrogens with one attached hydrogen (secondary N) is 1. The van der Waals surface area contributed by atoms with Crippen molar-refractivity contribution in [3.63, 3.8) is 0 Å². The van der Waals surface area contributed by atoms with Crippen LogP contribution in [0.25, 0.3) is 0 Å². The number of rotatable bonds is 12. The van der Waals surface area contributed by atoms with Gasteiger partial charge in [-0.1, -0.05) is 13.3 Å². The summed E-state index contributed by atoms with van der Waals surface area (Å²) in [6, 6.07) is -0.687. The van der Waals surface area contributed by atoms with E-state index in [1.165, 1.54) is 56.3 Å². The number of amidine groups is 1. The predicted octanol–water partition coefficient (Wildman–Crippen LogP) is 1.26. The van der Waals surface area contributed by atoms with Crippen molar-refractivity contribution in [2.24, 2.45) is 4.99 Å². The Hall–Kier alpha value is -0.861. The van der Waals surface area contributed by atoms with Crippen LogP contribution in [0.4, 0.5) is 4.79 Å². The number of aliphatic hydroxyl groups excluding tert-OH is 3. The molecule has 0 aliphatic carbocycles. The van der Waals surface area contributed by atoms with E-state index in [1.807, 2.05) is 0 Å². The Morgan fingerprint density at radius 2 is 1.62 bits per heavy atom. The summed E-state index contributed by atoms with van der Waals surface area (Å²) < 4.78 is 5.43. The summed E-state index contributed by atoms with van der Waals surface area (Å²) in [5, 5.41) is 33.4. The Balaban J connectivity index is 1.66. The zero-order chi connectivity index (χ0) is 21.2. The van der Waals surface area contributed by atoms with E-state index in [2.05, 4.69) is 33.2 Å². The molecule has 5 unspecified atom stereocenters. The summed E-state index contributed by atoms with van der Waals surface area (Å²) >= 11 is 2.81. The molecule has 0 spiro atoms. The van der Waals surface area contributed by atoms with Crippen LogP contribution in [0.15, 0.2) is 4.99 Å². The molecule has 2 heterocycles. The van der Waals surface area contributed by atoms with Gasteiger partial charge in [-0.15, -0.1) is 0 Å². The zero-order valence-electron chi connectivity index (χ0n) is 17.3. The first kappa shape index (κ1) is 24.4. The second-order valence-corrected chi connectivity index (χ2v) is 8.79. The van der Waals surface area contributed by atoms with Crippen LogP contribution in [0.3, 0.4) is 0 Å². The molecule has 9 heteroatoms. The van der Waals surface area contributed by atoms with Crippen LogP contribution in [-0.4, -0.2) is 90.7 Å². The number of carbonyl (C=O) groups is 1. The van der Waals surface area contributed by atoms with Crippen LogP contribution in [-0.2, 0) is 4.74 Å². The Labute approximate surface area is 181 Å². The fourth-order valence-electron chi connectivity index (χ4n) is 3.92.